The maximum Gasteiger partial charge on any atom is 0.253 e. The Hall–Kier alpha value is -1.55. The van der Waals surface area contributed by atoms with Gasteiger partial charge >= 0.3 is 0 Å². The van der Waals surface area contributed by atoms with Crippen LogP contribution in [0.5, 0.6) is 5.75 Å². The monoisotopic (exact) mass is 248 g/mol. The van der Waals surface area contributed by atoms with Crippen LogP contribution < -0.4 is 10.5 Å². The first-order valence-electron chi connectivity index (χ1n) is 6.53. The van der Waals surface area contributed by atoms with Gasteiger partial charge in [0.05, 0.1) is 6.61 Å². The highest BCUT2D eigenvalue weighted by molar-refractivity contribution is 5.94. The Bertz CT molecular complexity index is 401. The Kier molecular flexibility index (Phi) is 4.59. The predicted octanol–water partition coefficient (Wildman–Crippen LogP) is 1.65. The van der Waals surface area contributed by atoms with Gasteiger partial charge in [0.2, 0.25) is 0 Å². The molecule has 0 aromatic heterocycles. The Morgan fingerprint density at radius 2 is 2.11 bits per heavy atom. The van der Waals surface area contributed by atoms with Crippen LogP contribution in [0.2, 0.25) is 0 Å². The summed E-state index contributed by atoms with van der Waals surface area (Å²) in [5.41, 5.74) is 6.12. The van der Waals surface area contributed by atoms with Gasteiger partial charge in [0.15, 0.2) is 0 Å². The van der Waals surface area contributed by atoms with Crippen LogP contribution in [0.15, 0.2) is 24.3 Å². The molecule has 0 aliphatic carbocycles. The van der Waals surface area contributed by atoms with Crippen LogP contribution in [0.3, 0.4) is 0 Å². The quantitative estimate of drug-likeness (QED) is 0.806. The lowest BCUT2D eigenvalue weighted by atomic mass is 10.2. The van der Waals surface area contributed by atoms with Crippen molar-refractivity contribution in [1.29, 1.82) is 0 Å². The Morgan fingerprint density at radius 1 is 1.33 bits per heavy atom. The number of hydrogen-bond donors (Lipinski definition) is 1. The smallest absolute Gasteiger partial charge is 0.253 e. The molecule has 2 rings (SSSR count). The number of hydrogen-bond acceptors (Lipinski definition) is 3. The first-order chi connectivity index (χ1) is 8.81. The molecule has 0 radical (unpaired) electrons. The summed E-state index contributed by atoms with van der Waals surface area (Å²) in [5.74, 6) is 0.852. The molecule has 1 saturated heterocycles. The van der Waals surface area contributed by atoms with Crippen LogP contribution in [-0.4, -0.2) is 37.0 Å². The van der Waals surface area contributed by atoms with Crippen LogP contribution in [-0.2, 0) is 0 Å². The summed E-state index contributed by atoms with van der Waals surface area (Å²) in [4.78, 5) is 14.1. The lowest BCUT2D eigenvalue weighted by molar-refractivity contribution is 0.0792. The fourth-order valence-electron chi connectivity index (χ4n) is 2.10. The van der Waals surface area contributed by atoms with E-state index in [-0.39, 0.29) is 5.91 Å². The zero-order chi connectivity index (χ0) is 12.8. The summed E-state index contributed by atoms with van der Waals surface area (Å²) in [5, 5.41) is 0. The van der Waals surface area contributed by atoms with E-state index >= 15 is 0 Å². The van der Waals surface area contributed by atoms with Crippen molar-refractivity contribution >= 4 is 5.91 Å². The van der Waals surface area contributed by atoms with E-state index in [4.69, 9.17) is 10.5 Å². The molecule has 1 aliphatic rings. The maximum absolute atomic E-state index is 12.2. The van der Waals surface area contributed by atoms with E-state index in [0.29, 0.717) is 18.7 Å². The van der Waals surface area contributed by atoms with E-state index in [9.17, 15) is 4.79 Å². The lowest BCUT2D eigenvalue weighted by Gasteiger charge is -2.15. The van der Waals surface area contributed by atoms with Gasteiger partial charge in [-0.2, -0.15) is 0 Å². The normalized spacial score (nSPS) is 14.8. The summed E-state index contributed by atoms with van der Waals surface area (Å²) in [7, 11) is 0. The molecule has 1 aromatic carbocycles. The van der Waals surface area contributed by atoms with E-state index in [2.05, 4.69) is 0 Å². The molecule has 0 bridgehead atoms. The molecule has 0 atom stereocenters. The van der Waals surface area contributed by atoms with Crippen LogP contribution in [0.1, 0.15) is 29.6 Å². The second-order valence-electron chi connectivity index (χ2n) is 4.52. The number of likely N-dealkylation sites (tertiary alicyclic amines) is 1. The summed E-state index contributed by atoms with van der Waals surface area (Å²) in [6.07, 6.45) is 3.04. The summed E-state index contributed by atoms with van der Waals surface area (Å²) in [6, 6.07) is 7.39. The molecule has 98 valence electrons. The minimum Gasteiger partial charge on any atom is -0.494 e. The molecule has 0 saturated carbocycles. The van der Waals surface area contributed by atoms with Gasteiger partial charge in [-0.05, 0) is 44.0 Å². The van der Waals surface area contributed by atoms with Crippen LogP contribution >= 0.6 is 0 Å². The number of benzene rings is 1. The van der Waals surface area contributed by atoms with Crippen LogP contribution in [0.4, 0.5) is 0 Å². The first kappa shape index (κ1) is 12.9. The first-order valence-corrected chi connectivity index (χ1v) is 6.53. The second-order valence-corrected chi connectivity index (χ2v) is 4.52. The molecule has 18 heavy (non-hydrogen) atoms. The Labute approximate surface area is 108 Å². The average Bonchev–Trinajstić information content (AvgIpc) is 2.92. The van der Waals surface area contributed by atoms with Gasteiger partial charge < -0.3 is 15.4 Å². The molecular weight excluding hydrogens is 228 g/mol. The number of amides is 1. The third-order valence-electron chi connectivity index (χ3n) is 3.09. The topological polar surface area (TPSA) is 55.6 Å². The van der Waals surface area contributed by atoms with Gasteiger partial charge in [-0.1, -0.05) is 6.07 Å². The molecule has 1 aromatic rings. The highest BCUT2D eigenvalue weighted by Gasteiger charge is 2.19. The standard InChI is InChI=1S/C14H20N2O2/c15-7-4-10-18-13-6-3-5-12(11-13)14(17)16-8-1-2-9-16/h3,5-6,11H,1-2,4,7-10,15H2. The van der Waals surface area contributed by atoms with Crippen molar-refractivity contribution in [2.45, 2.75) is 19.3 Å². The summed E-state index contributed by atoms with van der Waals surface area (Å²) >= 11 is 0. The minimum absolute atomic E-state index is 0.108. The van der Waals surface area contributed by atoms with E-state index in [1.165, 1.54) is 0 Å². The van der Waals surface area contributed by atoms with E-state index in [1.807, 2.05) is 29.2 Å². The molecule has 1 heterocycles. The van der Waals surface area contributed by atoms with Crippen molar-refractivity contribution in [2.24, 2.45) is 5.73 Å². The number of carbonyl (C=O) groups is 1. The molecule has 2 N–H and O–H groups in total. The molecule has 1 aliphatic heterocycles. The number of nitrogens with two attached hydrogens (primary N) is 1. The van der Waals surface area contributed by atoms with Crippen molar-refractivity contribution in [3.8, 4) is 5.75 Å². The van der Waals surface area contributed by atoms with E-state index < -0.39 is 0 Å². The molecule has 0 unspecified atom stereocenters. The van der Waals surface area contributed by atoms with Gasteiger partial charge in [-0.3, -0.25) is 4.79 Å². The zero-order valence-corrected chi connectivity index (χ0v) is 10.6. The van der Waals surface area contributed by atoms with Gasteiger partial charge in [0.25, 0.3) is 5.91 Å². The van der Waals surface area contributed by atoms with Crippen molar-refractivity contribution in [3.63, 3.8) is 0 Å². The largest absolute Gasteiger partial charge is 0.494 e. The average molecular weight is 248 g/mol. The summed E-state index contributed by atoms with van der Waals surface area (Å²) in [6.45, 7) is 2.96. The maximum atomic E-state index is 12.2. The fourth-order valence-corrected chi connectivity index (χ4v) is 2.10. The molecule has 4 nitrogen and oxygen atoms in total. The SMILES string of the molecule is NCCCOc1cccc(C(=O)N2CCCC2)c1. The number of carbonyl (C=O) groups excluding carboxylic acids is 1. The number of nitrogens with zero attached hydrogens (tertiary/aromatic N) is 1. The van der Waals surface area contributed by atoms with Gasteiger partial charge in [0.1, 0.15) is 5.75 Å². The number of ether oxygens (including phenoxy) is 1. The van der Waals surface area contributed by atoms with Crippen molar-refractivity contribution < 1.29 is 9.53 Å². The van der Waals surface area contributed by atoms with Gasteiger partial charge in [-0.15, -0.1) is 0 Å². The highest BCUT2D eigenvalue weighted by atomic mass is 16.5. The molecule has 1 amide bonds. The Balaban J connectivity index is 1.99. The van der Waals surface area contributed by atoms with Crippen molar-refractivity contribution in [1.82, 2.24) is 4.90 Å². The highest BCUT2D eigenvalue weighted by Crippen LogP contribution is 2.17. The summed E-state index contributed by atoms with van der Waals surface area (Å²) < 4.78 is 5.55. The van der Waals surface area contributed by atoms with E-state index in [1.54, 1.807) is 0 Å². The molecule has 0 spiro atoms. The predicted molar refractivity (Wildman–Crippen MR) is 70.7 cm³/mol. The zero-order valence-electron chi connectivity index (χ0n) is 10.6. The molecule has 4 heteroatoms. The van der Waals surface area contributed by atoms with Crippen molar-refractivity contribution in [2.75, 3.05) is 26.2 Å². The Morgan fingerprint density at radius 3 is 2.83 bits per heavy atom. The van der Waals surface area contributed by atoms with Gasteiger partial charge in [0, 0.05) is 18.7 Å². The lowest BCUT2D eigenvalue weighted by Crippen LogP contribution is -2.27. The number of rotatable bonds is 5. The minimum atomic E-state index is 0.108. The second kappa shape index (κ2) is 6.40. The van der Waals surface area contributed by atoms with Gasteiger partial charge in [-0.25, -0.2) is 0 Å². The molecular formula is C14H20N2O2. The van der Waals surface area contributed by atoms with Crippen LogP contribution in [0, 0.1) is 0 Å². The van der Waals surface area contributed by atoms with Crippen LogP contribution in [0.25, 0.3) is 0 Å². The third kappa shape index (κ3) is 3.23. The van der Waals surface area contributed by atoms with Crippen molar-refractivity contribution in [3.05, 3.63) is 29.8 Å². The fraction of sp³-hybridized carbons (Fsp3) is 0.500. The van der Waals surface area contributed by atoms with E-state index in [0.717, 1.165) is 38.1 Å². The third-order valence-corrected chi connectivity index (χ3v) is 3.09. The molecule has 1 fully saturated rings.